The zero-order chi connectivity index (χ0) is 14.8. The number of rotatable bonds is 6. The summed E-state index contributed by atoms with van der Waals surface area (Å²) >= 11 is 3.40. The van der Waals surface area contributed by atoms with Crippen molar-refractivity contribution in [1.82, 2.24) is 5.32 Å². The summed E-state index contributed by atoms with van der Waals surface area (Å²) in [5.41, 5.74) is 0.325. The van der Waals surface area contributed by atoms with E-state index in [0.29, 0.717) is 11.7 Å². The number of hydrogen-bond donors (Lipinski definition) is 2. The van der Waals surface area contributed by atoms with Crippen LogP contribution in [0.3, 0.4) is 0 Å². The normalized spacial score (nSPS) is 17.4. The first-order valence-corrected chi connectivity index (χ1v) is 7.52. The van der Waals surface area contributed by atoms with Crippen LogP contribution in [0.15, 0.2) is 22.7 Å². The lowest BCUT2D eigenvalue weighted by Gasteiger charge is -2.29. The Morgan fingerprint density at radius 1 is 1.55 bits per heavy atom. The number of hydrogen-bond acceptors (Lipinski definition) is 3. The van der Waals surface area contributed by atoms with Crippen molar-refractivity contribution in [2.75, 3.05) is 13.7 Å². The minimum absolute atomic E-state index is 0.0287. The van der Waals surface area contributed by atoms with Crippen molar-refractivity contribution in [1.29, 1.82) is 0 Å². The van der Waals surface area contributed by atoms with Gasteiger partial charge in [-0.25, -0.2) is 0 Å². The second-order valence-electron chi connectivity index (χ2n) is 5.53. The quantitative estimate of drug-likeness (QED) is 0.834. The Labute approximate surface area is 127 Å². The van der Waals surface area contributed by atoms with Gasteiger partial charge in [0.25, 0.3) is 0 Å². The number of aliphatic hydroxyl groups excluding tert-OH is 1. The molecule has 2 rings (SSSR count). The summed E-state index contributed by atoms with van der Waals surface area (Å²) in [6.07, 6.45) is 2.38. The molecule has 4 nitrogen and oxygen atoms in total. The summed E-state index contributed by atoms with van der Waals surface area (Å²) in [5, 5.41) is 12.5. The Hall–Kier alpha value is -1.07. The minimum atomic E-state index is -0.504. The number of carbonyl (C=O) groups excluding carboxylic acids is 1. The molecule has 110 valence electrons. The number of carbonyl (C=O) groups is 1. The Balaban J connectivity index is 2.06. The van der Waals surface area contributed by atoms with Crippen molar-refractivity contribution < 1.29 is 14.6 Å². The van der Waals surface area contributed by atoms with E-state index in [1.807, 2.05) is 25.1 Å². The second-order valence-corrected chi connectivity index (χ2v) is 6.45. The standard InChI is InChI=1S/C15H20BrNO3/c1-15(9-18,11-3-4-11)17-14(19)8-10-7-12(16)5-6-13(10)20-2/h5-7,11,18H,3-4,8-9H2,1-2H3,(H,17,19). The van der Waals surface area contributed by atoms with E-state index in [1.165, 1.54) is 0 Å². The van der Waals surface area contributed by atoms with Gasteiger partial charge in [0.15, 0.2) is 0 Å². The van der Waals surface area contributed by atoms with E-state index in [4.69, 9.17) is 4.74 Å². The highest BCUT2D eigenvalue weighted by Gasteiger charge is 2.42. The van der Waals surface area contributed by atoms with Crippen LogP contribution in [0.25, 0.3) is 0 Å². The molecular formula is C15H20BrNO3. The number of aliphatic hydroxyl groups is 1. The van der Waals surface area contributed by atoms with Crippen LogP contribution >= 0.6 is 15.9 Å². The van der Waals surface area contributed by atoms with Crippen molar-refractivity contribution >= 4 is 21.8 Å². The van der Waals surface area contributed by atoms with Gasteiger partial charge in [0, 0.05) is 10.0 Å². The summed E-state index contributed by atoms with van der Waals surface area (Å²) in [4.78, 5) is 12.2. The minimum Gasteiger partial charge on any atom is -0.496 e. The average Bonchev–Trinajstić information content (AvgIpc) is 3.23. The van der Waals surface area contributed by atoms with Gasteiger partial charge in [-0.15, -0.1) is 0 Å². The first-order chi connectivity index (χ1) is 9.48. The fourth-order valence-corrected chi connectivity index (χ4v) is 2.82. The maximum absolute atomic E-state index is 12.2. The van der Waals surface area contributed by atoms with Gasteiger partial charge < -0.3 is 15.2 Å². The molecule has 0 spiro atoms. The van der Waals surface area contributed by atoms with Gasteiger partial charge in [0.1, 0.15) is 5.75 Å². The van der Waals surface area contributed by atoms with Gasteiger partial charge in [0.05, 0.1) is 25.7 Å². The predicted octanol–water partition coefficient (Wildman–Crippen LogP) is 2.28. The lowest BCUT2D eigenvalue weighted by Crippen LogP contribution is -2.51. The van der Waals surface area contributed by atoms with Crippen LogP contribution in [0.2, 0.25) is 0 Å². The number of amides is 1. The van der Waals surface area contributed by atoms with Crippen molar-refractivity contribution in [2.45, 2.75) is 31.7 Å². The van der Waals surface area contributed by atoms with Crippen LogP contribution in [0.4, 0.5) is 0 Å². The highest BCUT2D eigenvalue weighted by molar-refractivity contribution is 9.10. The van der Waals surface area contributed by atoms with Crippen LogP contribution < -0.4 is 10.1 Å². The van der Waals surface area contributed by atoms with E-state index in [-0.39, 0.29) is 18.9 Å². The summed E-state index contributed by atoms with van der Waals surface area (Å²) in [5.74, 6) is 0.992. The van der Waals surface area contributed by atoms with E-state index in [9.17, 15) is 9.90 Å². The van der Waals surface area contributed by atoms with Crippen LogP contribution in [0.5, 0.6) is 5.75 Å². The molecule has 1 saturated carbocycles. The van der Waals surface area contributed by atoms with Crippen molar-refractivity contribution in [3.63, 3.8) is 0 Å². The molecule has 0 radical (unpaired) electrons. The molecule has 20 heavy (non-hydrogen) atoms. The fourth-order valence-electron chi connectivity index (χ4n) is 2.41. The lowest BCUT2D eigenvalue weighted by atomic mass is 9.96. The molecule has 1 amide bonds. The van der Waals surface area contributed by atoms with Gasteiger partial charge in [-0.2, -0.15) is 0 Å². The molecular weight excluding hydrogens is 322 g/mol. The number of ether oxygens (including phenoxy) is 1. The van der Waals surface area contributed by atoms with Crippen molar-refractivity contribution in [3.05, 3.63) is 28.2 Å². The van der Waals surface area contributed by atoms with Crippen LogP contribution in [-0.2, 0) is 11.2 Å². The smallest absolute Gasteiger partial charge is 0.225 e. The Kier molecular flexibility index (Phi) is 4.70. The van der Waals surface area contributed by atoms with Crippen LogP contribution in [0.1, 0.15) is 25.3 Å². The number of nitrogens with one attached hydrogen (secondary N) is 1. The molecule has 1 aliphatic carbocycles. The number of methoxy groups -OCH3 is 1. The van der Waals surface area contributed by atoms with Crippen molar-refractivity contribution in [3.8, 4) is 5.75 Å². The average molecular weight is 342 g/mol. The zero-order valence-electron chi connectivity index (χ0n) is 11.8. The molecule has 1 atom stereocenters. The highest BCUT2D eigenvalue weighted by Crippen LogP contribution is 2.39. The third-order valence-corrected chi connectivity index (χ3v) is 4.32. The number of benzene rings is 1. The van der Waals surface area contributed by atoms with E-state index >= 15 is 0 Å². The Morgan fingerprint density at radius 2 is 2.25 bits per heavy atom. The Bertz CT molecular complexity index is 502. The summed E-state index contributed by atoms with van der Waals surface area (Å²) in [6, 6.07) is 5.59. The van der Waals surface area contributed by atoms with Gasteiger partial charge in [-0.1, -0.05) is 15.9 Å². The molecule has 0 bridgehead atoms. The molecule has 1 fully saturated rings. The first-order valence-electron chi connectivity index (χ1n) is 6.73. The molecule has 1 aromatic rings. The molecule has 2 N–H and O–H groups in total. The maximum Gasteiger partial charge on any atom is 0.225 e. The van der Waals surface area contributed by atoms with Gasteiger partial charge in [0.2, 0.25) is 5.91 Å². The lowest BCUT2D eigenvalue weighted by molar-refractivity contribution is -0.123. The van der Waals surface area contributed by atoms with E-state index < -0.39 is 5.54 Å². The van der Waals surface area contributed by atoms with Crippen LogP contribution in [-0.4, -0.2) is 30.3 Å². The molecule has 0 saturated heterocycles. The van der Waals surface area contributed by atoms with Gasteiger partial charge >= 0.3 is 0 Å². The first kappa shape index (κ1) is 15.3. The third kappa shape index (κ3) is 3.52. The number of halogens is 1. The van der Waals surface area contributed by atoms with Gasteiger partial charge in [-0.05, 0) is 43.9 Å². The van der Waals surface area contributed by atoms with E-state index in [0.717, 1.165) is 22.9 Å². The molecule has 0 aromatic heterocycles. The largest absolute Gasteiger partial charge is 0.496 e. The zero-order valence-corrected chi connectivity index (χ0v) is 13.4. The molecule has 1 unspecified atom stereocenters. The summed E-state index contributed by atoms with van der Waals surface area (Å²) in [7, 11) is 1.59. The molecule has 1 aromatic carbocycles. The fraction of sp³-hybridized carbons (Fsp3) is 0.533. The summed E-state index contributed by atoms with van der Waals surface area (Å²) in [6.45, 7) is 1.87. The summed E-state index contributed by atoms with van der Waals surface area (Å²) < 4.78 is 6.18. The SMILES string of the molecule is COc1ccc(Br)cc1CC(=O)NC(C)(CO)C1CC1. The topological polar surface area (TPSA) is 58.6 Å². The van der Waals surface area contributed by atoms with E-state index in [2.05, 4.69) is 21.2 Å². The maximum atomic E-state index is 12.2. The molecule has 0 aliphatic heterocycles. The third-order valence-electron chi connectivity index (χ3n) is 3.83. The molecule has 0 heterocycles. The second kappa shape index (κ2) is 6.14. The molecule has 1 aliphatic rings. The van der Waals surface area contributed by atoms with Gasteiger partial charge in [-0.3, -0.25) is 4.79 Å². The monoisotopic (exact) mass is 341 g/mol. The van der Waals surface area contributed by atoms with Crippen LogP contribution in [0, 0.1) is 5.92 Å². The highest BCUT2D eigenvalue weighted by atomic mass is 79.9. The predicted molar refractivity (Wildman–Crippen MR) is 80.8 cm³/mol. The molecule has 5 heteroatoms. The Morgan fingerprint density at radius 3 is 2.80 bits per heavy atom. The van der Waals surface area contributed by atoms with E-state index in [1.54, 1.807) is 7.11 Å². The van der Waals surface area contributed by atoms with Crippen molar-refractivity contribution in [2.24, 2.45) is 5.92 Å².